The molecule has 29 heavy (non-hydrogen) atoms. The van der Waals surface area contributed by atoms with E-state index in [1.807, 2.05) is 0 Å². The zero-order chi connectivity index (χ0) is 20.6. The third kappa shape index (κ3) is 3.77. The van der Waals surface area contributed by atoms with E-state index < -0.39 is 16.0 Å². The van der Waals surface area contributed by atoms with Gasteiger partial charge in [0, 0.05) is 19.1 Å². The van der Waals surface area contributed by atoms with Gasteiger partial charge in [-0.15, -0.1) is 11.3 Å². The first-order chi connectivity index (χ1) is 13.9. The largest absolute Gasteiger partial charge is 0.465 e. The second-order valence-electron chi connectivity index (χ2n) is 7.98. The molecule has 1 amide bonds. The van der Waals surface area contributed by atoms with E-state index in [1.54, 1.807) is 10.3 Å². The predicted octanol–water partition coefficient (Wildman–Crippen LogP) is 2.84. The summed E-state index contributed by atoms with van der Waals surface area (Å²) in [5.41, 5.74) is -0.343. The van der Waals surface area contributed by atoms with Gasteiger partial charge >= 0.3 is 12.1 Å². The second-order valence-corrected chi connectivity index (χ2v) is 10.8. The number of hydrogen-bond donors (Lipinski definition) is 0. The summed E-state index contributed by atoms with van der Waals surface area (Å²) in [7, 11) is -2.55. The highest BCUT2D eigenvalue weighted by Gasteiger charge is 2.48. The lowest BCUT2D eigenvalue weighted by molar-refractivity contribution is 0.0259. The van der Waals surface area contributed by atoms with Gasteiger partial charge in [0.2, 0.25) is 10.0 Å². The standard InChI is InChI=1S/C19H26N2O6S2/c1-26-17(22)16-15(7-12-28-16)29(24,25)20-10-5-14(6-11-20)21-13-19(27-18(21)23)8-3-2-4-9-19/h7,12,14H,2-6,8-11,13H2,1H3. The van der Waals surface area contributed by atoms with Crippen LogP contribution >= 0.6 is 11.3 Å². The fourth-order valence-corrected chi connectivity index (χ4v) is 7.44. The maximum Gasteiger partial charge on any atom is 0.410 e. The molecule has 8 nitrogen and oxygen atoms in total. The van der Waals surface area contributed by atoms with Crippen LogP contribution in [0.4, 0.5) is 4.79 Å². The van der Waals surface area contributed by atoms with E-state index >= 15 is 0 Å². The van der Waals surface area contributed by atoms with Crippen LogP contribution in [0, 0.1) is 0 Å². The lowest BCUT2D eigenvalue weighted by Crippen LogP contribution is -2.48. The molecule has 0 bridgehead atoms. The fraction of sp³-hybridized carbons (Fsp3) is 0.684. The Bertz CT molecular complexity index is 882. The number of carbonyl (C=O) groups is 2. The lowest BCUT2D eigenvalue weighted by Gasteiger charge is -2.36. The van der Waals surface area contributed by atoms with Crippen molar-refractivity contribution in [2.45, 2.75) is 61.5 Å². The number of sulfonamides is 1. The molecule has 2 aliphatic heterocycles. The molecule has 0 unspecified atom stereocenters. The molecule has 3 fully saturated rings. The summed E-state index contributed by atoms with van der Waals surface area (Å²) < 4.78 is 38.0. The Morgan fingerprint density at radius 1 is 1.24 bits per heavy atom. The summed E-state index contributed by atoms with van der Waals surface area (Å²) in [5.74, 6) is -0.647. The van der Waals surface area contributed by atoms with Crippen molar-refractivity contribution in [3.63, 3.8) is 0 Å². The van der Waals surface area contributed by atoms with Crippen molar-refractivity contribution in [3.05, 3.63) is 16.3 Å². The molecule has 0 radical (unpaired) electrons. The van der Waals surface area contributed by atoms with Gasteiger partial charge in [0.05, 0.1) is 13.7 Å². The SMILES string of the molecule is COC(=O)c1sccc1S(=O)(=O)N1CCC(N2CC3(CCCCC3)OC2=O)CC1. The first kappa shape index (κ1) is 20.6. The summed E-state index contributed by atoms with van der Waals surface area (Å²) >= 11 is 1.06. The molecule has 1 spiro atoms. The summed E-state index contributed by atoms with van der Waals surface area (Å²) in [6.45, 7) is 1.22. The summed E-state index contributed by atoms with van der Waals surface area (Å²) in [6.07, 6.45) is 6.03. The quantitative estimate of drug-likeness (QED) is 0.666. The third-order valence-corrected chi connectivity index (χ3v) is 9.21. The van der Waals surface area contributed by atoms with Gasteiger partial charge in [-0.1, -0.05) is 6.42 Å². The van der Waals surface area contributed by atoms with Crippen molar-refractivity contribution < 1.29 is 27.5 Å². The summed E-state index contributed by atoms with van der Waals surface area (Å²) in [6, 6.07) is 1.43. The molecular weight excluding hydrogens is 416 g/mol. The van der Waals surface area contributed by atoms with E-state index in [0.717, 1.165) is 37.0 Å². The van der Waals surface area contributed by atoms with Crippen molar-refractivity contribution in [1.29, 1.82) is 0 Å². The second kappa shape index (κ2) is 7.88. The highest BCUT2D eigenvalue weighted by molar-refractivity contribution is 7.89. The summed E-state index contributed by atoms with van der Waals surface area (Å²) in [4.78, 5) is 26.3. The molecule has 0 aromatic carbocycles. The van der Waals surface area contributed by atoms with Gasteiger partial charge in [-0.25, -0.2) is 18.0 Å². The van der Waals surface area contributed by atoms with Crippen molar-refractivity contribution >= 4 is 33.4 Å². The Morgan fingerprint density at radius 2 is 1.93 bits per heavy atom. The van der Waals surface area contributed by atoms with E-state index in [2.05, 4.69) is 0 Å². The molecule has 3 aliphatic rings. The maximum atomic E-state index is 13.0. The van der Waals surface area contributed by atoms with Gasteiger partial charge < -0.3 is 14.4 Å². The van der Waals surface area contributed by atoms with Crippen LogP contribution in [0.15, 0.2) is 16.3 Å². The zero-order valence-electron chi connectivity index (χ0n) is 16.5. The first-order valence-corrected chi connectivity index (χ1v) is 12.3. The molecule has 160 valence electrons. The van der Waals surface area contributed by atoms with Crippen LogP contribution in [-0.2, 0) is 19.5 Å². The smallest absolute Gasteiger partial charge is 0.410 e. The van der Waals surface area contributed by atoms with Crippen LogP contribution in [0.3, 0.4) is 0 Å². The van der Waals surface area contributed by atoms with Crippen LogP contribution in [-0.4, -0.2) is 68.1 Å². The number of esters is 1. The minimum atomic E-state index is -3.78. The molecular formula is C19H26N2O6S2. The molecule has 1 aromatic rings. The first-order valence-electron chi connectivity index (χ1n) is 10.0. The third-order valence-electron chi connectivity index (χ3n) is 6.24. The number of hydrogen-bond acceptors (Lipinski definition) is 7. The van der Waals surface area contributed by atoms with Crippen molar-refractivity contribution in [3.8, 4) is 0 Å². The number of methoxy groups -OCH3 is 1. The molecule has 1 saturated carbocycles. The number of carbonyl (C=O) groups excluding carboxylic acids is 2. The van der Waals surface area contributed by atoms with Crippen molar-refractivity contribution in [1.82, 2.24) is 9.21 Å². The van der Waals surface area contributed by atoms with E-state index in [-0.39, 0.29) is 27.5 Å². The number of piperidine rings is 1. The van der Waals surface area contributed by atoms with Crippen LogP contribution in [0.2, 0.25) is 0 Å². The topological polar surface area (TPSA) is 93.2 Å². The Kier molecular flexibility index (Phi) is 5.60. The Hall–Kier alpha value is -1.65. The number of amides is 1. The highest BCUT2D eigenvalue weighted by Crippen LogP contribution is 2.39. The molecule has 10 heteroatoms. The molecule has 2 saturated heterocycles. The van der Waals surface area contributed by atoms with E-state index in [4.69, 9.17) is 9.47 Å². The Morgan fingerprint density at radius 3 is 2.59 bits per heavy atom. The van der Waals surface area contributed by atoms with Gasteiger partial charge in [-0.05, 0) is 50.0 Å². The number of nitrogens with zero attached hydrogens (tertiary/aromatic N) is 2. The number of ether oxygens (including phenoxy) is 2. The molecule has 1 aliphatic carbocycles. The van der Waals surface area contributed by atoms with Gasteiger partial charge in [0.15, 0.2) is 0 Å². The van der Waals surface area contributed by atoms with Gasteiger partial charge in [0.25, 0.3) is 0 Å². The number of rotatable bonds is 4. The predicted molar refractivity (Wildman–Crippen MR) is 106 cm³/mol. The molecule has 1 aromatic heterocycles. The van der Waals surface area contributed by atoms with Crippen LogP contribution in [0.25, 0.3) is 0 Å². The molecule has 0 atom stereocenters. The zero-order valence-corrected chi connectivity index (χ0v) is 18.1. The summed E-state index contributed by atoms with van der Waals surface area (Å²) in [5, 5.41) is 1.58. The van der Waals surface area contributed by atoms with E-state index in [1.165, 1.54) is 23.9 Å². The average molecular weight is 443 g/mol. The van der Waals surface area contributed by atoms with Crippen molar-refractivity contribution in [2.75, 3.05) is 26.7 Å². The lowest BCUT2D eigenvalue weighted by atomic mass is 9.84. The van der Waals surface area contributed by atoms with Crippen molar-refractivity contribution in [2.24, 2.45) is 0 Å². The molecule has 3 heterocycles. The Balaban J connectivity index is 1.43. The van der Waals surface area contributed by atoms with Gasteiger partial charge in [-0.3, -0.25) is 0 Å². The van der Waals surface area contributed by atoms with Crippen LogP contribution < -0.4 is 0 Å². The van der Waals surface area contributed by atoms with Crippen LogP contribution in [0.5, 0.6) is 0 Å². The molecule has 4 rings (SSSR count). The maximum absolute atomic E-state index is 13.0. The normalized spacial score (nSPS) is 23.3. The monoisotopic (exact) mass is 442 g/mol. The highest BCUT2D eigenvalue weighted by atomic mass is 32.2. The van der Waals surface area contributed by atoms with Gasteiger partial charge in [0.1, 0.15) is 15.4 Å². The fourth-order valence-electron chi connectivity index (χ4n) is 4.66. The molecule has 0 N–H and O–H groups in total. The van der Waals surface area contributed by atoms with E-state index in [9.17, 15) is 18.0 Å². The van der Waals surface area contributed by atoms with E-state index in [0.29, 0.717) is 32.5 Å². The minimum Gasteiger partial charge on any atom is -0.465 e. The van der Waals surface area contributed by atoms with Crippen LogP contribution in [0.1, 0.15) is 54.6 Å². The Labute approximate surface area is 174 Å². The average Bonchev–Trinajstić information content (AvgIpc) is 3.34. The minimum absolute atomic E-state index is 0.00505. The number of thiophene rings is 1. The van der Waals surface area contributed by atoms with Gasteiger partial charge in [-0.2, -0.15) is 4.31 Å².